The molecular weight excluding hydrogens is 378 g/mol. The van der Waals surface area contributed by atoms with E-state index in [1.54, 1.807) is 18.0 Å². The van der Waals surface area contributed by atoms with E-state index in [0.717, 1.165) is 33.8 Å². The lowest BCUT2D eigenvalue weighted by atomic mass is 10.2. The molecule has 0 atom stereocenters. The third-order valence-electron chi connectivity index (χ3n) is 4.56. The van der Waals surface area contributed by atoms with Crippen LogP contribution in [0.4, 0.5) is 5.82 Å². The van der Waals surface area contributed by atoms with Gasteiger partial charge in [-0.25, -0.2) is 14.6 Å². The fourth-order valence-corrected chi connectivity index (χ4v) is 3.03. The smallest absolute Gasteiger partial charge is 0.168 e. The summed E-state index contributed by atoms with van der Waals surface area (Å²) in [7, 11) is 1.65. The van der Waals surface area contributed by atoms with Crippen LogP contribution in [0.1, 0.15) is 11.1 Å². The number of benzene rings is 2. The second-order valence-corrected chi connectivity index (χ2v) is 6.55. The van der Waals surface area contributed by atoms with Gasteiger partial charge in [0.15, 0.2) is 5.65 Å². The normalized spacial score (nSPS) is 10.7. The molecule has 7 heteroatoms. The Labute approximate surface area is 174 Å². The number of hydrogen-bond acceptors (Lipinski definition) is 6. The molecule has 4 rings (SSSR count). The van der Waals surface area contributed by atoms with E-state index < -0.39 is 0 Å². The first-order valence-corrected chi connectivity index (χ1v) is 9.49. The Balaban J connectivity index is 1.50. The van der Waals surface area contributed by atoms with Gasteiger partial charge >= 0.3 is 0 Å². The molecule has 7 nitrogen and oxygen atoms in total. The summed E-state index contributed by atoms with van der Waals surface area (Å²) in [6.45, 7) is 1.71. The molecule has 0 aliphatic carbocycles. The summed E-state index contributed by atoms with van der Waals surface area (Å²) in [6.07, 6.45) is 8.80. The van der Waals surface area contributed by atoms with Crippen molar-refractivity contribution in [3.8, 4) is 23.8 Å². The molecule has 2 aromatic heterocycles. The number of rotatable bonds is 8. The molecule has 2 aromatic carbocycles. The number of nitrogens with one attached hydrogen (secondary N) is 1. The van der Waals surface area contributed by atoms with Gasteiger partial charge in [0.05, 0.1) is 23.9 Å². The van der Waals surface area contributed by atoms with Crippen LogP contribution in [0.5, 0.6) is 5.75 Å². The Hall–Kier alpha value is -3.89. The molecule has 2 heterocycles. The van der Waals surface area contributed by atoms with E-state index in [-0.39, 0.29) is 0 Å². The van der Waals surface area contributed by atoms with Crippen LogP contribution in [0.15, 0.2) is 61.1 Å². The average Bonchev–Trinajstić information content (AvgIpc) is 3.23. The Bertz CT molecular complexity index is 1180. The topological polar surface area (TPSA) is 74.1 Å². The summed E-state index contributed by atoms with van der Waals surface area (Å²) in [6, 6.07) is 15.5. The summed E-state index contributed by atoms with van der Waals surface area (Å²) in [5.41, 5.74) is 3.46. The maximum atomic E-state index is 5.59. The van der Waals surface area contributed by atoms with Crippen LogP contribution >= 0.6 is 0 Å². The zero-order valence-electron chi connectivity index (χ0n) is 16.6. The predicted molar refractivity (Wildman–Crippen MR) is 116 cm³/mol. The van der Waals surface area contributed by atoms with Gasteiger partial charge in [0, 0.05) is 19.2 Å². The van der Waals surface area contributed by atoms with Crippen LogP contribution in [0.2, 0.25) is 0 Å². The standard InChI is InChI=1S/C23H21N5O2/c1-3-17-5-4-6-19(13-17)28-23-21(15-27-28)22(25-16-26-23)24-14-18-7-9-20(10-8-18)30-12-11-29-2/h1,4-10,13,15-16H,11-12,14H2,2H3,(H,24,25,26). The van der Waals surface area contributed by atoms with Crippen molar-refractivity contribution in [1.82, 2.24) is 19.7 Å². The van der Waals surface area contributed by atoms with Crippen molar-refractivity contribution in [2.24, 2.45) is 0 Å². The van der Waals surface area contributed by atoms with Gasteiger partial charge in [-0.1, -0.05) is 24.1 Å². The van der Waals surface area contributed by atoms with E-state index in [9.17, 15) is 0 Å². The van der Waals surface area contributed by atoms with Gasteiger partial charge in [-0.2, -0.15) is 5.10 Å². The van der Waals surface area contributed by atoms with E-state index in [1.807, 2.05) is 48.5 Å². The number of terminal acetylenes is 1. The van der Waals surface area contributed by atoms with Gasteiger partial charge in [0.25, 0.3) is 0 Å². The minimum Gasteiger partial charge on any atom is -0.491 e. The van der Waals surface area contributed by atoms with Gasteiger partial charge < -0.3 is 14.8 Å². The number of nitrogens with zero attached hydrogens (tertiary/aromatic N) is 4. The van der Waals surface area contributed by atoms with Gasteiger partial charge in [0.1, 0.15) is 24.5 Å². The summed E-state index contributed by atoms with van der Waals surface area (Å²) < 4.78 is 12.3. The van der Waals surface area contributed by atoms with Crippen LogP contribution in [-0.4, -0.2) is 40.1 Å². The molecule has 0 amide bonds. The van der Waals surface area contributed by atoms with Gasteiger partial charge in [-0.3, -0.25) is 0 Å². The quantitative estimate of drug-likeness (QED) is 0.361. The van der Waals surface area contributed by atoms with E-state index >= 15 is 0 Å². The van der Waals surface area contributed by atoms with Crippen LogP contribution < -0.4 is 10.1 Å². The molecule has 0 aliphatic heterocycles. The number of methoxy groups -OCH3 is 1. The highest BCUT2D eigenvalue weighted by Crippen LogP contribution is 2.23. The number of ether oxygens (including phenoxy) is 2. The molecule has 0 fully saturated rings. The predicted octanol–water partition coefficient (Wildman–Crippen LogP) is 3.43. The van der Waals surface area contributed by atoms with Crippen molar-refractivity contribution in [3.05, 3.63) is 72.2 Å². The maximum absolute atomic E-state index is 5.59. The molecule has 30 heavy (non-hydrogen) atoms. The number of fused-ring (bicyclic) bond motifs is 1. The second-order valence-electron chi connectivity index (χ2n) is 6.55. The third kappa shape index (κ3) is 4.24. The van der Waals surface area contributed by atoms with E-state index in [1.165, 1.54) is 6.33 Å². The first kappa shape index (κ1) is 19.4. The number of anilines is 1. The van der Waals surface area contributed by atoms with Crippen molar-refractivity contribution in [2.45, 2.75) is 6.54 Å². The molecule has 150 valence electrons. The molecule has 0 saturated carbocycles. The fraction of sp³-hybridized carbons (Fsp3) is 0.174. The zero-order valence-corrected chi connectivity index (χ0v) is 16.6. The Morgan fingerprint density at radius 2 is 1.97 bits per heavy atom. The SMILES string of the molecule is C#Cc1cccc(-n2ncc3c(NCc4ccc(OCCOC)cc4)ncnc32)c1. The Kier molecular flexibility index (Phi) is 5.88. The summed E-state index contributed by atoms with van der Waals surface area (Å²) >= 11 is 0. The summed E-state index contributed by atoms with van der Waals surface area (Å²) in [5.74, 6) is 4.18. The molecule has 0 radical (unpaired) electrons. The molecule has 0 aliphatic rings. The molecule has 0 saturated heterocycles. The van der Waals surface area contributed by atoms with Gasteiger partial charge in [-0.15, -0.1) is 6.42 Å². The number of aromatic nitrogens is 4. The minimum absolute atomic E-state index is 0.529. The highest BCUT2D eigenvalue weighted by molar-refractivity contribution is 5.87. The van der Waals surface area contributed by atoms with Crippen LogP contribution in [-0.2, 0) is 11.3 Å². The lowest BCUT2D eigenvalue weighted by Gasteiger charge is -2.09. The van der Waals surface area contributed by atoms with Crippen molar-refractivity contribution in [1.29, 1.82) is 0 Å². The van der Waals surface area contributed by atoms with Crippen LogP contribution in [0.3, 0.4) is 0 Å². The highest BCUT2D eigenvalue weighted by Gasteiger charge is 2.11. The lowest BCUT2D eigenvalue weighted by Crippen LogP contribution is -2.05. The molecular formula is C23H21N5O2. The lowest BCUT2D eigenvalue weighted by molar-refractivity contribution is 0.146. The van der Waals surface area contributed by atoms with E-state index in [0.29, 0.717) is 25.4 Å². The van der Waals surface area contributed by atoms with Gasteiger partial charge in [0.2, 0.25) is 0 Å². The zero-order chi connectivity index (χ0) is 20.8. The van der Waals surface area contributed by atoms with Crippen molar-refractivity contribution in [3.63, 3.8) is 0 Å². The average molecular weight is 399 g/mol. The number of hydrogen-bond donors (Lipinski definition) is 1. The van der Waals surface area contributed by atoms with Crippen LogP contribution in [0.25, 0.3) is 16.7 Å². The molecule has 1 N–H and O–H groups in total. The maximum Gasteiger partial charge on any atom is 0.168 e. The Morgan fingerprint density at radius 3 is 2.77 bits per heavy atom. The highest BCUT2D eigenvalue weighted by atomic mass is 16.5. The van der Waals surface area contributed by atoms with Gasteiger partial charge in [-0.05, 0) is 35.9 Å². The van der Waals surface area contributed by atoms with E-state index in [2.05, 4.69) is 26.3 Å². The van der Waals surface area contributed by atoms with Crippen molar-refractivity contribution in [2.75, 3.05) is 25.6 Å². The molecule has 0 unspecified atom stereocenters. The first-order valence-electron chi connectivity index (χ1n) is 9.49. The van der Waals surface area contributed by atoms with E-state index in [4.69, 9.17) is 15.9 Å². The van der Waals surface area contributed by atoms with Crippen molar-refractivity contribution < 1.29 is 9.47 Å². The Morgan fingerprint density at radius 1 is 1.10 bits per heavy atom. The molecule has 0 spiro atoms. The summed E-state index contributed by atoms with van der Waals surface area (Å²) in [5, 5.41) is 8.68. The largest absolute Gasteiger partial charge is 0.491 e. The third-order valence-corrected chi connectivity index (χ3v) is 4.56. The molecule has 4 aromatic rings. The van der Waals surface area contributed by atoms with Crippen LogP contribution in [0, 0.1) is 12.3 Å². The minimum atomic E-state index is 0.529. The molecule has 0 bridgehead atoms. The first-order chi connectivity index (χ1) is 14.8. The second kappa shape index (κ2) is 9.07. The van der Waals surface area contributed by atoms with Crippen molar-refractivity contribution >= 4 is 16.9 Å². The summed E-state index contributed by atoms with van der Waals surface area (Å²) in [4.78, 5) is 8.79. The monoisotopic (exact) mass is 399 g/mol. The fourth-order valence-electron chi connectivity index (χ4n) is 3.03.